The summed E-state index contributed by atoms with van der Waals surface area (Å²) in [5.41, 5.74) is 1.97. The number of halogens is 2. The minimum Gasteiger partial charge on any atom is -0.336 e. The summed E-state index contributed by atoms with van der Waals surface area (Å²) in [6.07, 6.45) is 0. The van der Waals surface area contributed by atoms with E-state index in [0.29, 0.717) is 6.04 Å². The zero-order chi connectivity index (χ0) is 11.7. The molecule has 94 valence electrons. The van der Waals surface area contributed by atoms with Gasteiger partial charge in [-0.3, -0.25) is 4.79 Å². The predicted molar refractivity (Wildman–Crippen MR) is 79.9 cm³/mol. The third-order valence-corrected chi connectivity index (χ3v) is 4.48. The molecule has 5 heteroatoms. The molecule has 0 atom stereocenters. The van der Waals surface area contributed by atoms with Crippen molar-refractivity contribution < 1.29 is 4.79 Å². The van der Waals surface area contributed by atoms with E-state index in [1.807, 2.05) is 37.1 Å². The summed E-state index contributed by atoms with van der Waals surface area (Å²) in [6.45, 7) is 3.85. The standard InChI is InChI=1S/C12H15IN2O.ClH/c1-8-4-3-5-10(11(8)13)12(16)15(2)9-6-14-7-9;/h3-5,9,14H,6-7H2,1-2H3;1H. The van der Waals surface area contributed by atoms with Crippen LogP contribution in [0.4, 0.5) is 0 Å². The van der Waals surface area contributed by atoms with Crippen LogP contribution in [0, 0.1) is 10.5 Å². The quantitative estimate of drug-likeness (QED) is 0.813. The fourth-order valence-electron chi connectivity index (χ4n) is 1.72. The van der Waals surface area contributed by atoms with Gasteiger partial charge in [-0.15, -0.1) is 12.4 Å². The molecule has 1 aromatic rings. The van der Waals surface area contributed by atoms with Gasteiger partial charge in [-0.05, 0) is 41.1 Å². The highest BCUT2D eigenvalue weighted by atomic mass is 127. The van der Waals surface area contributed by atoms with Gasteiger partial charge in [0.25, 0.3) is 5.91 Å². The molecule has 0 aliphatic carbocycles. The molecule has 1 aliphatic heterocycles. The lowest BCUT2D eigenvalue weighted by atomic mass is 10.1. The molecule has 0 bridgehead atoms. The second kappa shape index (κ2) is 6.02. The van der Waals surface area contributed by atoms with Crippen LogP contribution >= 0.6 is 35.0 Å². The van der Waals surface area contributed by atoms with E-state index in [4.69, 9.17) is 0 Å². The van der Waals surface area contributed by atoms with E-state index in [9.17, 15) is 4.79 Å². The molecule has 0 saturated carbocycles. The van der Waals surface area contributed by atoms with Crippen molar-refractivity contribution in [3.63, 3.8) is 0 Å². The van der Waals surface area contributed by atoms with Crippen molar-refractivity contribution in [1.82, 2.24) is 10.2 Å². The Balaban J connectivity index is 0.00000144. The van der Waals surface area contributed by atoms with Crippen molar-refractivity contribution in [2.24, 2.45) is 0 Å². The van der Waals surface area contributed by atoms with E-state index in [2.05, 4.69) is 27.9 Å². The molecule has 1 N–H and O–H groups in total. The van der Waals surface area contributed by atoms with Crippen LogP contribution in [0.3, 0.4) is 0 Å². The van der Waals surface area contributed by atoms with E-state index >= 15 is 0 Å². The molecule has 0 spiro atoms. The highest BCUT2D eigenvalue weighted by Gasteiger charge is 2.26. The van der Waals surface area contributed by atoms with Gasteiger partial charge in [0.15, 0.2) is 0 Å². The summed E-state index contributed by atoms with van der Waals surface area (Å²) in [6, 6.07) is 6.23. The number of carbonyl (C=O) groups excluding carboxylic acids is 1. The smallest absolute Gasteiger partial charge is 0.255 e. The molecule has 2 rings (SSSR count). The largest absolute Gasteiger partial charge is 0.336 e. The number of carbonyl (C=O) groups is 1. The maximum atomic E-state index is 12.2. The molecule has 0 unspecified atom stereocenters. The maximum Gasteiger partial charge on any atom is 0.255 e. The van der Waals surface area contributed by atoms with E-state index in [-0.39, 0.29) is 18.3 Å². The van der Waals surface area contributed by atoms with Crippen LogP contribution < -0.4 is 5.32 Å². The Labute approximate surface area is 122 Å². The number of hydrogen-bond acceptors (Lipinski definition) is 2. The van der Waals surface area contributed by atoms with Crippen molar-refractivity contribution in [2.75, 3.05) is 20.1 Å². The molecule has 0 radical (unpaired) electrons. The summed E-state index contributed by atoms with van der Waals surface area (Å²) in [5, 5.41) is 3.18. The summed E-state index contributed by atoms with van der Waals surface area (Å²) in [7, 11) is 1.88. The summed E-state index contributed by atoms with van der Waals surface area (Å²) in [5.74, 6) is 0.125. The molecule has 1 heterocycles. The first kappa shape index (κ1) is 14.7. The zero-order valence-corrected chi connectivity index (χ0v) is 12.8. The lowest BCUT2D eigenvalue weighted by molar-refractivity contribution is 0.0680. The molecule has 1 amide bonds. The monoisotopic (exact) mass is 366 g/mol. The lowest BCUT2D eigenvalue weighted by Gasteiger charge is -2.35. The van der Waals surface area contributed by atoms with Crippen molar-refractivity contribution in [2.45, 2.75) is 13.0 Å². The molecule has 1 aliphatic rings. The van der Waals surface area contributed by atoms with Crippen molar-refractivity contribution in [3.8, 4) is 0 Å². The van der Waals surface area contributed by atoms with Crippen LogP contribution in [-0.4, -0.2) is 37.0 Å². The number of benzene rings is 1. The fraction of sp³-hybridized carbons (Fsp3) is 0.417. The van der Waals surface area contributed by atoms with E-state index in [1.165, 1.54) is 0 Å². The van der Waals surface area contributed by atoms with Crippen molar-refractivity contribution in [3.05, 3.63) is 32.9 Å². The summed E-state index contributed by atoms with van der Waals surface area (Å²) >= 11 is 2.24. The molecule has 1 fully saturated rings. The minimum atomic E-state index is 0. The van der Waals surface area contributed by atoms with Gasteiger partial charge in [-0.1, -0.05) is 12.1 Å². The predicted octanol–water partition coefficient (Wildman–Crippen LogP) is 2.07. The Morgan fingerprint density at radius 3 is 2.65 bits per heavy atom. The van der Waals surface area contributed by atoms with Gasteiger partial charge in [-0.25, -0.2) is 0 Å². The molecule has 1 saturated heterocycles. The Hall–Kier alpha value is -0.330. The van der Waals surface area contributed by atoms with Gasteiger partial charge in [-0.2, -0.15) is 0 Å². The molecule has 0 aromatic heterocycles. The minimum absolute atomic E-state index is 0. The SMILES string of the molecule is Cc1cccc(C(=O)N(C)C2CNC2)c1I.Cl. The Morgan fingerprint density at radius 1 is 1.47 bits per heavy atom. The first-order chi connectivity index (χ1) is 7.61. The molecule has 1 aromatic carbocycles. The molecular weight excluding hydrogens is 351 g/mol. The van der Waals surface area contributed by atoms with E-state index < -0.39 is 0 Å². The van der Waals surface area contributed by atoms with Crippen LogP contribution in [0.2, 0.25) is 0 Å². The average molecular weight is 367 g/mol. The molecular formula is C12H16ClIN2O. The van der Waals surface area contributed by atoms with Crippen LogP contribution in [0.5, 0.6) is 0 Å². The van der Waals surface area contributed by atoms with Gasteiger partial charge in [0.1, 0.15) is 0 Å². The van der Waals surface area contributed by atoms with E-state index in [1.54, 1.807) is 0 Å². The Morgan fingerprint density at radius 2 is 2.12 bits per heavy atom. The first-order valence-corrected chi connectivity index (χ1v) is 6.42. The number of hydrogen-bond donors (Lipinski definition) is 1. The highest BCUT2D eigenvalue weighted by Crippen LogP contribution is 2.19. The van der Waals surface area contributed by atoms with Gasteiger partial charge in [0.05, 0.1) is 11.6 Å². The maximum absolute atomic E-state index is 12.2. The Kier molecular flexibility index (Phi) is 5.22. The number of likely N-dealkylation sites (N-methyl/N-ethyl adjacent to an activating group) is 1. The first-order valence-electron chi connectivity index (χ1n) is 5.34. The van der Waals surface area contributed by atoms with Crippen LogP contribution in [0.25, 0.3) is 0 Å². The number of nitrogens with zero attached hydrogens (tertiary/aromatic N) is 1. The molecule has 17 heavy (non-hydrogen) atoms. The number of amides is 1. The van der Waals surface area contributed by atoms with Gasteiger partial charge >= 0.3 is 0 Å². The number of rotatable bonds is 2. The Bertz CT molecular complexity index is 421. The summed E-state index contributed by atoms with van der Waals surface area (Å²) < 4.78 is 1.06. The number of aryl methyl sites for hydroxylation is 1. The van der Waals surface area contributed by atoms with Crippen LogP contribution in [-0.2, 0) is 0 Å². The lowest BCUT2D eigenvalue weighted by Crippen LogP contribution is -2.57. The van der Waals surface area contributed by atoms with Crippen molar-refractivity contribution in [1.29, 1.82) is 0 Å². The van der Waals surface area contributed by atoms with E-state index in [0.717, 1.165) is 27.8 Å². The fourth-order valence-corrected chi connectivity index (χ4v) is 2.31. The normalized spacial score (nSPS) is 14.8. The average Bonchev–Trinajstić information content (AvgIpc) is 2.18. The zero-order valence-electron chi connectivity index (χ0n) is 9.87. The highest BCUT2D eigenvalue weighted by molar-refractivity contribution is 14.1. The second-order valence-electron chi connectivity index (χ2n) is 4.16. The summed E-state index contributed by atoms with van der Waals surface area (Å²) in [4.78, 5) is 14.1. The third kappa shape index (κ3) is 2.92. The van der Waals surface area contributed by atoms with Crippen molar-refractivity contribution >= 4 is 40.9 Å². The van der Waals surface area contributed by atoms with Gasteiger partial charge < -0.3 is 10.2 Å². The van der Waals surface area contributed by atoms with Crippen LogP contribution in [0.1, 0.15) is 15.9 Å². The second-order valence-corrected chi connectivity index (χ2v) is 5.24. The van der Waals surface area contributed by atoms with Crippen LogP contribution in [0.15, 0.2) is 18.2 Å². The van der Waals surface area contributed by atoms with Gasteiger partial charge in [0.2, 0.25) is 0 Å². The van der Waals surface area contributed by atoms with Gasteiger partial charge in [0, 0.05) is 23.7 Å². The number of nitrogens with one attached hydrogen (secondary N) is 1. The third-order valence-electron chi connectivity index (χ3n) is 3.05. The molecule has 3 nitrogen and oxygen atoms in total. The topological polar surface area (TPSA) is 32.3 Å².